The van der Waals surface area contributed by atoms with Crippen LogP contribution in [0.3, 0.4) is 0 Å². The Hall–Kier alpha value is -3.12. The second-order valence-corrected chi connectivity index (χ2v) is 8.24. The predicted molar refractivity (Wildman–Crippen MR) is 130 cm³/mol. The summed E-state index contributed by atoms with van der Waals surface area (Å²) in [5.41, 5.74) is 2.48. The summed E-state index contributed by atoms with van der Waals surface area (Å²) in [6.45, 7) is 11.7. The smallest absolute Gasteiger partial charge is 0.295 e. The number of carbonyl (C=O) groups excluding carboxylic acids is 2. The highest BCUT2D eigenvalue weighted by molar-refractivity contribution is 6.46. The van der Waals surface area contributed by atoms with E-state index in [4.69, 9.17) is 4.74 Å². The van der Waals surface area contributed by atoms with Crippen LogP contribution in [-0.2, 0) is 9.59 Å². The number of benzene rings is 2. The van der Waals surface area contributed by atoms with Crippen molar-refractivity contribution >= 4 is 17.4 Å². The number of rotatable bonds is 10. The van der Waals surface area contributed by atoms with E-state index < -0.39 is 17.7 Å². The molecule has 2 aromatic rings. The van der Waals surface area contributed by atoms with Crippen molar-refractivity contribution in [3.63, 3.8) is 0 Å². The molecule has 6 heteroatoms. The summed E-state index contributed by atoms with van der Waals surface area (Å²) in [6.07, 6.45) is 0.747. The van der Waals surface area contributed by atoms with Crippen molar-refractivity contribution in [2.75, 3.05) is 32.8 Å². The molecule has 0 saturated carbocycles. The first-order chi connectivity index (χ1) is 15.9. The Morgan fingerprint density at radius 1 is 1.06 bits per heavy atom. The van der Waals surface area contributed by atoms with Crippen molar-refractivity contribution in [2.24, 2.45) is 0 Å². The number of hydrogen-bond donors (Lipinski definition) is 1. The number of carbonyl (C=O) groups is 2. The van der Waals surface area contributed by atoms with Crippen LogP contribution in [0, 0.1) is 6.92 Å². The minimum absolute atomic E-state index is 0.125. The lowest BCUT2D eigenvalue weighted by atomic mass is 9.94. The van der Waals surface area contributed by atoms with Crippen LogP contribution in [0.1, 0.15) is 49.9 Å². The maximum absolute atomic E-state index is 13.2. The van der Waals surface area contributed by atoms with Gasteiger partial charge in [-0.2, -0.15) is 0 Å². The van der Waals surface area contributed by atoms with Crippen molar-refractivity contribution in [3.8, 4) is 5.75 Å². The van der Waals surface area contributed by atoms with Crippen LogP contribution in [0.15, 0.2) is 54.1 Å². The van der Waals surface area contributed by atoms with Crippen molar-refractivity contribution in [1.82, 2.24) is 9.80 Å². The van der Waals surface area contributed by atoms with Gasteiger partial charge in [0.15, 0.2) is 0 Å². The molecule has 1 aliphatic heterocycles. The van der Waals surface area contributed by atoms with E-state index in [1.54, 1.807) is 29.2 Å². The van der Waals surface area contributed by atoms with E-state index in [2.05, 4.69) is 18.7 Å². The van der Waals surface area contributed by atoms with Crippen LogP contribution in [0.4, 0.5) is 0 Å². The molecule has 2 aromatic carbocycles. The Balaban J connectivity index is 2.02. The van der Waals surface area contributed by atoms with Gasteiger partial charge in [0.1, 0.15) is 11.5 Å². The number of nitrogens with zero attached hydrogens (tertiary/aromatic N) is 2. The number of aliphatic hydroxyl groups excluding tert-OH is 1. The Morgan fingerprint density at radius 2 is 1.76 bits per heavy atom. The van der Waals surface area contributed by atoms with E-state index >= 15 is 0 Å². The molecule has 3 rings (SSSR count). The Bertz CT molecular complexity index is 1010. The molecule has 1 atom stereocenters. The third-order valence-corrected chi connectivity index (χ3v) is 6.12. The molecule has 0 radical (unpaired) electrons. The van der Waals surface area contributed by atoms with Gasteiger partial charge in [0.05, 0.1) is 18.2 Å². The van der Waals surface area contributed by atoms with E-state index in [1.165, 1.54) is 0 Å². The van der Waals surface area contributed by atoms with Crippen LogP contribution < -0.4 is 4.74 Å². The summed E-state index contributed by atoms with van der Waals surface area (Å²) < 4.78 is 5.55. The highest BCUT2D eigenvalue weighted by Crippen LogP contribution is 2.39. The van der Waals surface area contributed by atoms with E-state index in [9.17, 15) is 14.7 Å². The second-order valence-electron chi connectivity index (χ2n) is 8.24. The van der Waals surface area contributed by atoms with Crippen molar-refractivity contribution in [2.45, 2.75) is 40.2 Å². The first-order valence-electron chi connectivity index (χ1n) is 11.7. The van der Waals surface area contributed by atoms with Crippen LogP contribution in [-0.4, -0.2) is 59.4 Å². The topological polar surface area (TPSA) is 70.1 Å². The Morgan fingerprint density at radius 3 is 2.39 bits per heavy atom. The molecule has 0 aromatic heterocycles. The van der Waals surface area contributed by atoms with Gasteiger partial charge >= 0.3 is 0 Å². The first kappa shape index (κ1) is 24.5. The molecule has 1 heterocycles. The summed E-state index contributed by atoms with van der Waals surface area (Å²) in [4.78, 5) is 30.1. The molecular formula is C27H34N2O4. The molecule has 0 spiro atoms. The average molecular weight is 451 g/mol. The summed E-state index contributed by atoms with van der Waals surface area (Å²) in [7, 11) is 0. The Labute approximate surface area is 196 Å². The van der Waals surface area contributed by atoms with Crippen LogP contribution >= 0.6 is 0 Å². The summed E-state index contributed by atoms with van der Waals surface area (Å²) in [5.74, 6) is -0.793. The third kappa shape index (κ3) is 5.45. The number of aryl methyl sites for hydroxylation is 1. The van der Waals surface area contributed by atoms with E-state index in [0.29, 0.717) is 24.5 Å². The molecule has 1 fully saturated rings. The minimum Gasteiger partial charge on any atom is -0.507 e. The number of amides is 1. The molecule has 0 aliphatic carbocycles. The van der Waals surface area contributed by atoms with Crippen molar-refractivity contribution < 1.29 is 19.4 Å². The molecule has 1 saturated heterocycles. The van der Waals surface area contributed by atoms with Crippen LogP contribution in [0.5, 0.6) is 5.75 Å². The number of aliphatic hydroxyl groups is 1. The highest BCUT2D eigenvalue weighted by atomic mass is 16.5. The largest absolute Gasteiger partial charge is 0.507 e. The zero-order valence-corrected chi connectivity index (χ0v) is 20.0. The van der Waals surface area contributed by atoms with E-state index in [1.807, 2.05) is 38.1 Å². The van der Waals surface area contributed by atoms with Crippen LogP contribution in [0.2, 0.25) is 0 Å². The Kier molecular flexibility index (Phi) is 8.28. The lowest BCUT2D eigenvalue weighted by Crippen LogP contribution is -2.33. The van der Waals surface area contributed by atoms with Gasteiger partial charge in [-0.05, 0) is 57.6 Å². The molecular weight excluding hydrogens is 416 g/mol. The standard InChI is InChI=1S/C27H34N2O4/c1-5-28(6-2)16-9-17-29-24(20-14-12-19(4)13-15-20)23(26(31)27(29)32)25(30)21-10-8-11-22(18-21)33-7-3/h8,10-15,18,24,30H,5-7,9,16-17H2,1-4H3/b25-23+. The maximum Gasteiger partial charge on any atom is 0.295 e. The molecule has 176 valence electrons. The number of Topliss-reactive ketones (excluding diaryl/α,β-unsaturated/α-hetero) is 1. The summed E-state index contributed by atoms with van der Waals surface area (Å²) >= 11 is 0. The van der Waals surface area contributed by atoms with Gasteiger partial charge in [0.25, 0.3) is 11.7 Å². The zero-order valence-electron chi connectivity index (χ0n) is 20.0. The first-order valence-corrected chi connectivity index (χ1v) is 11.7. The molecule has 33 heavy (non-hydrogen) atoms. The quantitative estimate of drug-likeness (QED) is 0.327. The van der Waals surface area contributed by atoms with Crippen molar-refractivity contribution in [3.05, 3.63) is 70.8 Å². The van der Waals surface area contributed by atoms with E-state index in [0.717, 1.165) is 37.2 Å². The van der Waals surface area contributed by atoms with Gasteiger partial charge in [0.2, 0.25) is 0 Å². The summed E-state index contributed by atoms with van der Waals surface area (Å²) in [6, 6.07) is 14.1. The zero-order chi connectivity index (χ0) is 24.0. The molecule has 1 unspecified atom stereocenters. The molecule has 6 nitrogen and oxygen atoms in total. The van der Waals surface area contributed by atoms with Crippen molar-refractivity contribution in [1.29, 1.82) is 0 Å². The highest BCUT2D eigenvalue weighted by Gasteiger charge is 2.45. The van der Waals surface area contributed by atoms with Gasteiger partial charge in [-0.3, -0.25) is 9.59 Å². The molecule has 0 bridgehead atoms. The maximum atomic E-state index is 13.2. The van der Waals surface area contributed by atoms with Gasteiger partial charge in [0, 0.05) is 12.1 Å². The number of likely N-dealkylation sites (tertiary alicyclic amines) is 1. The monoisotopic (exact) mass is 450 g/mol. The average Bonchev–Trinajstić information content (AvgIpc) is 3.07. The predicted octanol–water partition coefficient (Wildman–Crippen LogP) is 4.55. The van der Waals surface area contributed by atoms with Crippen LogP contribution in [0.25, 0.3) is 5.76 Å². The molecule has 1 aliphatic rings. The fraction of sp³-hybridized carbons (Fsp3) is 0.407. The van der Waals surface area contributed by atoms with E-state index in [-0.39, 0.29) is 11.3 Å². The lowest BCUT2D eigenvalue weighted by molar-refractivity contribution is -0.140. The normalized spacial score (nSPS) is 17.7. The van der Waals surface area contributed by atoms with Gasteiger partial charge in [-0.1, -0.05) is 55.8 Å². The van der Waals surface area contributed by atoms with Gasteiger partial charge in [-0.25, -0.2) is 0 Å². The molecule has 1 N–H and O–H groups in total. The number of ketones is 1. The number of hydrogen-bond acceptors (Lipinski definition) is 5. The van der Waals surface area contributed by atoms with Gasteiger partial charge < -0.3 is 19.6 Å². The third-order valence-electron chi connectivity index (χ3n) is 6.12. The summed E-state index contributed by atoms with van der Waals surface area (Å²) in [5, 5.41) is 11.2. The molecule has 1 amide bonds. The fourth-order valence-corrected chi connectivity index (χ4v) is 4.27. The fourth-order valence-electron chi connectivity index (χ4n) is 4.27. The minimum atomic E-state index is -0.650. The SMILES string of the molecule is CCOc1cccc(/C(O)=C2\C(=O)C(=O)N(CCCN(CC)CC)C2c2ccc(C)cc2)c1. The lowest BCUT2D eigenvalue weighted by Gasteiger charge is -2.27. The number of ether oxygens (including phenoxy) is 1. The van der Waals surface area contributed by atoms with Gasteiger partial charge in [-0.15, -0.1) is 0 Å². The second kappa shape index (κ2) is 11.1.